The summed E-state index contributed by atoms with van der Waals surface area (Å²) in [5.41, 5.74) is 2.81. The van der Waals surface area contributed by atoms with Crippen molar-refractivity contribution >= 4 is 11.9 Å². The molecule has 0 bridgehead atoms. The normalized spacial score (nSPS) is 13.9. The van der Waals surface area contributed by atoms with Crippen LogP contribution in [0.1, 0.15) is 64.6 Å². The molecule has 0 unspecified atom stereocenters. The summed E-state index contributed by atoms with van der Waals surface area (Å²) in [5, 5.41) is 16.2. The number of hydrogen-bond donors (Lipinski definition) is 2. The number of carboxylic acids is 1. The van der Waals surface area contributed by atoms with Gasteiger partial charge >= 0.3 is 5.97 Å². The van der Waals surface area contributed by atoms with E-state index in [4.69, 9.17) is 5.11 Å². The lowest BCUT2D eigenvalue weighted by molar-refractivity contribution is 0.0696. The number of hydrogen-bond acceptors (Lipinski definition) is 3. The zero-order valence-electron chi connectivity index (χ0n) is 14.5. The van der Waals surface area contributed by atoms with Gasteiger partial charge in [0.2, 0.25) is 0 Å². The van der Waals surface area contributed by atoms with Gasteiger partial charge in [0.05, 0.1) is 23.0 Å². The zero-order valence-corrected chi connectivity index (χ0v) is 14.5. The second-order valence-electron chi connectivity index (χ2n) is 6.98. The van der Waals surface area contributed by atoms with Crippen LogP contribution in [-0.2, 0) is 13.1 Å². The van der Waals surface area contributed by atoms with E-state index in [0.29, 0.717) is 23.9 Å². The van der Waals surface area contributed by atoms with Crippen molar-refractivity contribution in [3.05, 3.63) is 52.8 Å². The number of amides is 1. The summed E-state index contributed by atoms with van der Waals surface area (Å²) in [5.74, 6) is -0.167. The molecule has 3 rings (SSSR count). The first-order valence-corrected chi connectivity index (χ1v) is 8.62. The molecule has 1 amide bonds. The van der Waals surface area contributed by atoms with Crippen LogP contribution in [-0.4, -0.2) is 26.8 Å². The number of nitrogens with zero attached hydrogens (tertiary/aromatic N) is 2. The highest BCUT2D eigenvalue weighted by atomic mass is 16.4. The van der Waals surface area contributed by atoms with Crippen molar-refractivity contribution in [3.8, 4) is 0 Å². The summed E-state index contributed by atoms with van der Waals surface area (Å²) >= 11 is 0. The highest BCUT2D eigenvalue weighted by molar-refractivity contribution is 5.95. The predicted molar refractivity (Wildman–Crippen MR) is 93.6 cm³/mol. The molecule has 2 aromatic rings. The molecule has 1 aromatic carbocycles. The number of nitrogens with one attached hydrogen (secondary N) is 1. The molecule has 1 saturated carbocycles. The average molecular weight is 341 g/mol. The molecule has 0 spiro atoms. The Kier molecular flexibility index (Phi) is 4.88. The van der Waals surface area contributed by atoms with Crippen LogP contribution < -0.4 is 5.32 Å². The average Bonchev–Trinajstić information content (AvgIpc) is 3.33. The third kappa shape index (κ3) is 4.07. The van der Waals surface area contributed by atoms with Crippen molar-refractivity contribution in [2.24, 2.45) is 5.92 Å². The highest BCUT2D eigenvalue weighted by Gasteiger charge is 2.32. The Bertz CT molecular complexity index is 774. The summed E-state index contributed by atoms with van der Waals surface area (Å²) in [7, 11) is 0. The van der Waals surface area contributed by atoms with Gasteiger partial charge in [0.1, 0.15) is 0 Å². The van der Waals surface area contributed by atoms with E-state index in [1.807, 2.05) is 4.68 Å². The maximum Gasteiger partial charge on any atom is 0.335 e. The fraction of sp³-hybridized carbons (Fsp3) is 0.421. The van der Waals surface area contributed by atoms with Gasteiger partial charge in [0.25, 0.3) is 5.91 Å². The lowest BCUT2D eigenvalue weighted by atomic mass is 10.1. The highest BCUT2D eigenvalue weighted by Crippen LogP contribution is 2.41. The van der Waals surface area contributed by atoms with E-state index in [1.54, 1.807) is 30.5 Å². The minimum Gasteiger partial charge on any atom is -0.478 e. The summed E-state index contributed by atoms with van der Waals surface area (Å²) in [6.45, 7) is 5.45. The van der Waals surface area contributed by atoms with Gasteiger partial charge in [-0.2, -0.15) is 5.10 Å². The maximum absolute atomic E-state index is 12.6. The van der Waals surface area contributed by atoms with Crippen LogP contribution in [0.5, 0.6) is 0 Å². The van der Waals surface area contributed by atoms with Crippen LogP contribution in [0.2, 0.25) is 0 Å². The van der Waals surface area contributed by atoms with E-state index in [-0.39, 0.29) is 11.5 Å². The molecule has 0 radical (unpaired) electrons. The Balaban J connectivity index is 1.69. The van der Waals surface area contributed by atoms with Crippen molar-refractivity contribution in [2.75, 3.05) is 0 Å². The Labute approximate surface area is 146 Å². The molecule has 25 heavy (non-hydrogen) atoms. The molecule has 1 fully saturated rings. The second-order valence-corrected chi connectivity index (χ2v) is 6.98. The molecule has 2 N–H and O–H groups in total. The Hall–Kier alpha value is -2.63. The monoisotopic (exact) mass is 341 g/mol. The summed E-state index contributed by atoms with van der Waals surface area (Å²) < 4.78 is 1.97. The van der Waals surface area contributed by atoms with E-state index in [1.165, 1.54) is 0 Å². The number of aromatic nitrogens is 2. The number of carbonyl (C=O) groups is 2. The minimum atomic E-state index is -0.956. The first-order chi connectivity index (χ1) is 12.0. The fourth-order valence-electron chi connectivity index (χ4n) is 2.89. The molecule has 1 aliphatic rings. The SMILES string of the molecule is CC(C)Cn1ncc(C(=O)NCc2ccc(C(=O)O)cc2)c1C1CC1. The van der Waals surface area contributed by atoms with Gasteiger partial charge in [0.15, 0.2) is 0 Å². The van der Waals surface area contributed by atoms with Crippen molar-refractivity contribution < 1.29 is 14.7 Å². The molecule has 6 heteroatoms. The smallest absolute Gasteiger partial charge is 0.335 e. The largest absolute Gasteiger partial charge is 0.478 e. The van der Waals surface area contributed by atoms with Crippen LogP contribution in [0, 0.1) is 5.92 Å². The minimum absolute atomic E-state index is 0.126. The maximum atomic E-state index is 12.6. The first kappa shape index (κ1) is 17.2. The van der Waals surface area contributed by atoms with Gasteiger partial charge in [-0.25, -0.2) is 4.79 Å². The topological polar surface area (TPSA) is 84.2 Å². The van der Waals surface area contributed by atoms with Crippen molar-refractivity contribution in [1.82, 2.24) is 15.1 Å². The van der Waals surface area contributed by atoms with E-state index >= 15 is 0 Å². The second kappa shape index (κ2) is 7.09. The van der Waals surface area contributed by atoms with E-state index in [2.05, 4.69) is 24.3 Å². The number of carboxylic acid groups (broad SMARTS) is 1. The molecular weight excluding hydrogens is 318 g/mol. The van der Waals surface area contributed by atoms with Gasteiger partial charge in [0, 0.05) is 19.0 Å². The van der Waals surface area contributed by atoms with Gasteiger partial charge in [-0.3, -0.25) is 9.48 Å². The molecule has 0 atom stereocenters. The first-order valence-electron chi connectivity index (χ1n) is 8.62. The quantitative estimate of drug-likeness (QED) is 0.811. The molecule has 1 aromatic heterocycles. The lowest BCUT2D eigenvalue weighted by Crippen LogP contribution is -2.24. The third-order valence-electron chi connectivity index (χ3n) is 4.28. The zero-order chi connectivity index (χ0) is 18.0. The fourth-order valence-corrected chi connectivity index (χ4v) is 2.89. The summed E-state index contributed by atoms with van der Waals surface area (Å²) in [6.07, 6.45) is 3.89. The third-order valence-corrected chi connectivity index (χ3v) is 4.28. The Morgan fingerprint density at radius 2 is 1.96 bits per heavy atom. The molecular formula is C19H23N3O3. The van der Waals surface area contributed by atoms with E-state index in [0.717, 1.165) is 30.6 Å². The molecule has 0 saturated heterocycles. The van der Waals surface area contributed by atoms with E-state index in [9.17, 15) is 9.59 Å². The van der Waals surface area contributed by atoms with Crippen LogP contribution in [0.25, 0.3) is 0 Å². The van der Waals surface area contributed by atoms with Crippen LogP contribution >= 0.6 is 0 Å². The van der Waals surface area contributed by atoms with Gasteiger partial charge < -0.3 is 10.4 Å². The number of benzene rings is 1. The number of rotatable bonds is 7. The molecule has 1 heterocycles. The van der Waals surface area contributed by atoms with Gasteiger partial charge in [-0.1, -0.05) is 26.0 Å². The molecule has 132 valence electrons. The lowest BCUT2D eigenvalue weighted by Gasteiger charge is -2.11. The summed E-state index contributed by atoms with van der Waals surface area (Å²) in [6, 6.07) is 6.52. The molecule has 0 aliphatic heterocycles. The van der Waals surface area contributed by atoms with Crippen LogP contribution in [0.3, 0.4) is 0 Å². The Morgan fingerprint density at radius 1 is 1.28 bits per heavy atom. The van der Waals surface area contributed by atoms with Crippen LogP contribution in [0.15, 0.2) is 30.5 Å². The number of carbonyl (C=O) groups excluding carboxylic acids is 1. The van der Waals surface area contributed by atoms with Crippen molar-refractivity contribution in [2.45, 2.75) is 45.7 Å². The van der Waals surface area contributed by atoms with Gasteiger partial charge in [-0.15, -0.1) is 0 Å². The number of aromatic carboxylic acids is 1. The molecule has 6 nitrogen and oxygen atoms in total. The standard InChI is InChI=1S/C19H23N3O3/c1-12(2)11-22-17(14-7-8-14)16(10-21-22)18(23)20-9-13-3-5-15(6-4-13)19(24)25/h3-6,10,12,14H,7-9,11H2,1-2H3,(H,20,23)(H,24,25). The van der Waals surface area contributed by atoms with E-state index < -0.39 is 5.97 Å². The van der Waals surface area contributed by atoms with Crippen LogP contribution in [0.4, 0.5) is 0 Å². The van der Waals surface area contributed by atoms with Crippen molar-refractivity contribution in [3.63, 3.8) is 0 Å². The summed E-state index contributed by atoms with van der Waals surface area (Å²) in [4.78, 5) is 23.5. The predicted octanol–water partition coefficient (Wildman–Crippen LogP) is 3.04. The van der Waals surface area contributed by atoms with Gasteiger partial charge in [-0.05, 0) is 36.5 Å². The van der Waals surface area contributed by atoms with Crippen molar-refractivity contribution in [1.29, 1.82) is 0 Å². The molecule has 1 aliphatic carbocycles. The Morgan fingerprint density at radius 3 is 2.52 bits per heavy atom.